The van der Waals surface area contributed by atoms with Gasteiger partial charge in [-0.2, -0.15) is 6.42 Å². The zero-order valence-electron chi connectivity index (χ0n) is 7.29. The van der Waals surface area contributed by atoms with Gasteiger partial charge in [0.15, 0.2) is 0 Å². The smallest absolute Gasteiger partial charge is 0 e. The SMILES string of the molecule is CCCC=CN1[CH-]CCC1.[Y]. The van der Waals surface area contributed by atoms with Crippen molar-refractivity contribution >= 4 is 0 Å². The zero-order chi connectivity index (χ0) is 7.23. The minimum absolute atomic E-state index is 0. The Morgan fingerprint density at radius 1 is 1.55 bits per heavy atom. The van der Waals surface area contributed by atoms with E-state index < -0.39 is 0 Å². The van der Waals surface area contributed by atoms with Crippen LogP contribution in [0.2, 0.25) is 0 Å². The molecule has 0 atom stereocenters. The fourth-order valence-corrected chi connectivity index (χ4v) is 1.13. The molecule has 1 heterocycles. The topological polar surface area (TPSA) is 3.24 Å². The van der Waals surface area contributed by atoms with Gasteiger partial charge in [0, 0.05) is 32.7 Å². The molecule has 0 spiro atoms. The number of allylic oxidation sites excluding steroid dienone is 1. The van der Waals surface area contributed by atoms with Crippen LogP contribution in [-0.2, 0) is 32.7 Å². The molecule has 0 aromatic carbocycles. The van der Waals surface area contributed by atoms with Crippen LogP contribution in [0, 0.1) is 6.54 Å². The average Bonchev–Trinajstić information content (AvgIpc) is 2.41. The molecule has 0 aliphatic carbocycles. The second-order valence-corrected chi connectivity index (χ2v) is 2.74. The third-order valence-corrected chi connectivity index (χ3v) is 1.74. The molecule has 61 valence electrons. The first kappa shape index (κ1) is 11.6. The maximum atomic E-state index is 2.29. The van der Waals surface area contributed by atoms with Crippen LogP contribution in [0.15, 0.2) is 12.3 Å². The molecule has 11 heavy (non-hydrogen) atoms. The van der Waals surface area contributed by atoms with Gasteiger partial charge in [0.25, 0.3) is 0 Å². The Bertz CT molecular complexity index is 106. The number of unbranched alkanes of at least 4 members (excludes halogenated alkanes) is 1. The second kappa shape index (κ2) is 7.30. The van der Waals surface area contributed by atoms with Crippen LogP contribution in [0.4, 0.5) is 0 Å². The molecule has 0 aromatic rings. The molecule has 1 aliphatic rings. The summed E-state index contributed by atoms with van der Waals surface area (Å²) in [7, 11) is 0. The van der Waals surface area contributed by atoms with Gasteiger partial charge >= 0.3 is 0 Å². The van der Waals surface area contributed by atoms with E-state index in [2.05, 4.69) is 30.6 Å². The van der Waals surface area contributed by atoms with E-state index in [1.54, 1.807) is 0 Å². The van der Waals surface area contributed by atoms with Crippen LogP contribution < -0.4 is 0 Å². The largest absolute Gasteiger partial charge is 0.529 e. The van der Waals surface area contributed by atoms with Crippen molar-refractivity contribution in [2.24, 2.45) is 0 Å². The van der Waals surface area contributed by atoms with E-state index in [0.29, 0.717) is 0 Å². The van der Waals surface area contributed by atoms with Gasteiger partial charge in [0.1, 0.15) is 0 Å². The molecule has 1 radical (unpaired) electrons. The predicted octanol–water partition coefficient (Wildman–Crippen LogP) is 2.56. The van der Waals surface area contributed by atoms with Gasteiger partial charge in [-0.25, -0.2) is 6.54 Å². The van der Waals surface area contributed by atoms with Crippen molar-refractivity contribution in [3.8, 4) is 0 Å². The van der Waals surface area contributed by atoms with Gasteiger partial charge in [-0.15, -0.1) is 0 Å². The van der Waals surface area contributed by atoms with Gasteiger partial charge < -0.3 is 4.90 Å². The third kappa shape index (κ3) is 4.97. The number of hydrogen-bond donors (Lipinski definition) is 0. The molecular weight excluding hydrogens is 211 g/mol. The van der Waals surface area contributed by atoms with Crippen molar-refractivity contribution in [2.75, 3.05) is 6.54 Å². The Balaban J connectivity index is 0.000001000. The Kier molecular flexibility index (Phi) is 7.73. The second-order valence-electron chi connectivity index (χ2n) is 2.74. The minimum Gasteiger partial charge on any atom is -0.529 e. The summed E-state index contributed by atoms with van der Waals surface area (Å²) in [6.07, 6.45) is 9.51. The molecule has 0 N–H and O–H groups in total. The van der Waals surface area contributed by atoms with Crippen LogP contribution in [0.25, 0.3) is 0 Å². The monoisotopic (exact) mass is 227 g/mol. The Hall–Kier alpha value is 0.644. The fraction of sp³-hybridized carbons (Fsp3) is 0.667. The molecule has 0 amide bonds. The zero-order valence-corrected chi connectivity index (χ0v) is 10.1. The molecule has 0 unspecified atom stereocenters. The van der Waals surface area contributed by atoms with Crippen LogP contribution in [0.3, 0.4) is 0 Å². The van der Waals surface area contributed by atoms with Crippen molar-refractivity contribution in [1.82, 2.24) is 4.90 Å². The Morgan fingerprint density at radius 2 is 2.36 bits per heavy atom. The summed E-state index contributed by atoms with van der Waals surface area (Å²) in [6.45, 7) is 5.70. The molecule has 1 saturated heterocycles. The molecule has 1 aliphatic heterocycles. The van der Waals surface area contributed by atoms with E-state index >= 15 is 0 Å². The third-order valence-electron chi connectivity index (χ3n) is 1.74. The van der Waals surface area contributed by atoms with Crippen molar-refractivity contribution in [2.45, 2.75) is 32.6 Å². The maximum absolute atomic E-state index is 2.29. The summed E-state index contributed by atoms with van der Waals surface area (Å²) in [5.41, 5.74) is 0. The van der Waals surface area contributed by atoms with Gasteiger partial charge in [-0.3, -0.25) is 0 Å². The van der Waals surface area contributed by atoms with Crippen LogP contribution in [0.1, 0.15) is 32.6 Å². The first-order chi connectivity index (χ1) is 4.93. The van der Waals surface area contributed by atoms with E-state index in [1.165, 1.54) is 32.2 Å². The molecule has 1 rings (SSSR count). The first-order valence-corrected chi connectivity index (χ1v) is 4.19. The van der Waals surface area contributed by atoms with Gasteiger partial charge in [0.05, 0.1) is 0 Å². The summed E-state index contributed by atoms with van der Waals surface area (Å²) in [5.74, 6) is 0. The normalized spacial score (nSPS) is 17.4. The van der Waals surface area contributed by atoms with Gasteiger partial charge in [-0.05, 0) is 19.2 Å². The number of nitrogens with zero attached hydrogens (tertiary/aromatic N) is 1. The van der Waals surface area contributed by atoms with Crippen molar-refractivity contribution in [1.29, 1.82) is 0 Å². The maximum Gasteiger partial charge on any atom is 0 e. The summed E-state index contributed by atoms with van der Waals surface area (Å²) >= 11 is 0. The van der Waals surface area contributed by atoms with Gasteiger partial charge in [-0.1, -0.05) is 25.8 Å². The molecular formula is C9H16NY-. The molecule has 2 heteroatoms. The van der Waals surface area contributed by atoms with Crippen molar-refractivity contribution in [3.05, 3.63) is 18.8 Å². The summed E-state index contributed by atoms with van der Waals surface area (Å²) in [4.78, 5) is 2.29. The van der Waals surface area contributed by atoms with E-state index in [4.69, 9.17) is 0 Å². The molecule has 0 aromatic heterocycles. The standard InChI is InChI=1S/C9H16N.Y/c1-2-3-4-7-10-8-5-6-9-10;/h4,7-8H,2-3,5-6,9H2,1H3;/q-1;. The van der Waals surface area contributed by atoms with Crippen molar-refractivity contribution in [3.63, 3.8) is 0 Å². The quantitative estimate of drug-likeness (QED) is 0.670. The van der Waals surface area contributed by atoms with E-state index in [9.17, 15) is 0 Å². The predicted molar refractivity (Wildman–Crippen MR) is 44.3 cm³/mol. The summed E-state index contributed by atoms with van der Waals surface area (Å²) < 4.78 is 0. The van der Waals surface area contributed by atoms with Gasteiger partial charge in [0.2, 0.25) is 0 Å². The molecule has 0 saturated carbocycles. The van der Waals surface area contributed by atoms with Crippen LogP contribution in [0.5, 0.6) is 0 Å². The molecule has 0 bridgehead atoms. The first-order valence-electron chi connectivity index (χ1n) is 4.19. The molecule has 1 nitrogen and oxygen atoms in total. The summed E-state index contributed by atoms with van der Waals surface area (Å²) in [6, 6.07) is 0. The fourth-order valence-electron chi connectivity index (χ4n) is 1.13. The van der Waals surface area contributed by atoms with E-state index in [-0.39, 0.29) is 32.7 Å². The number of likely N-dealkylation sites (tertiary alicyclic amines) is 1. The van der Waals surface area contributed by atoms with E-state index in [1.807, 2.05) is 0 Å². The van der Waals surface area contributed by atoms with Crippen LogP contribution >= 0.6 is 0 Å². The Morgan fingerprint density at radius 3 is 2.91 bits per heavy atom. The van der Waals surface area contributed by atoms with Crippen LogP contribution in [-0.4, -0.2) is 11.4 Å². The Labute approximate surface area is 95.1 Å². The minimum atomic E-state index is 0. The average molecular weight is 227 g/mol. The number of rotatable bonds is 3. The number of hydrogen-bond acceptors (Lipinski definition) is 1. The van der Waals surface area contributed by atoms with Crippen molar-refractivity contribution < 1.29 is 32.7 Å². The summed E-state index contributed by atoms with van der Waals surface area (Å²) in [5, 5.41) is 0. The van der Waals surface area contributed by atoms with E-state index in [0.717, 1.165) is 0 Å². The molecule has 1 fully saturated rings.